The summed E-state index contributed by atoms with van der Waals surface area (Å²) in [5.41, 5.74) is 1.93. The van der Waals surface area contributed by atoms with Crippen LogP contribution in [-0.4, -0.2) is 41.6 Å². The molecular formula is C14H23N3O2. The van der Waals surface area contributed by atoms with Gasteiger partial charge in [0.2, 0.25) is 5.91 Å². The molecule has 0 atom stereocenters. The van der Waals surface area contributed by atoms with Crippen molar-refractivity contribution >= 4 is 5.91 Å². The lowest BCUT2D eigenvalue weighted by molar-refractivity contribution is -0.132. The number of piperidine rings is 1. The Bertz CT molecular complexity index is 440. The van der Waals surface area contributed by atoms with E-state index in [-0.39, 0.29) is 11.4 Å². The van der Waals surface area contributed by atoms with Crippen LogP contribution < -0.4 is 5.32 Å². The topological polar surface area (TPSA) is 58.4 Å². The third-order valence-electron chi connectivity index (χ3n) is 4.33. The van der Waals surface area contributed by atoms with E-state index in [2.05, 4.69) is 17.4 Å². The molecule has 1 fully saturated rings. The first kappa shape index (κ1) is 14.1. The minimum Gasteiger partial charge on any atom is -0.361 e. The monoisotopic (exact) mass is 265 g/mol. The molecular weight excluding hydrogens is 242 g/mol. The average Bonchev–Trinajstić information content (AvgIpc) is 2.71. The minimum atomic E-state index is 0.166. The number of aromatic nitrogens is 1. The highest BCUT2D eigenvalue weighted by molar-refractivity contribution is 5.79. The SMILES string of the molecule is CNC1(C)CCN(C(=O)Cc2c(C)noc2C)CC1. The van der Waals surface area contributed by atoms with Gasteiger partial charge in [0.25, 0.3) is 0 Å². The second-order valence-electron chi connectivity index (χ2n) is 5.67. The first-order valence-electron chi connectivity index (χ1n) is 6.83. The summed E-state index contributed by atoms with van der Waals surface area (Å²) in [5.74, 6) is 0.926. The molecule has 1 N–H and O–H groups in total. The number of rotatable bonds is 3. The number of aryl methyl sites for hydroxylation is 2. The molecule has 5 heteroatoms. The van der Waals surface area contributed by atoms with E-state index < -0.39 is 0 Å². The van der Waals surface area contributed by atoms with Gasteiger partial charge in [-0.15, -0.1) is 0 Å². The summed E-state index contributed by atoms with van der Waals surface area (Å²) < 4.78 is 5.10. The maximum atomic E-state index is 12.3. The lowest BCUT2D eigenvalue weighted by Crippen LogP contribution is -2.51. The van der Waals surface area contributed by atoms with Crippen molar-refractivity contribution < 1.29 is 9.32 Å². The van der Waals surface area contributed by atoms with Gasteiger partial charge in [-0.1, -0.05) is 5.16 Å². The zero-order valence-corrected chi connectivity index (χ0v) is 12.2. The molecule has 2 heterocycles. The summed E-state index contributed by atoms with van der Waals surface area (Å²) in [6.07, 6.45) is 2.39. The Morgan fingerprint density at radius 2 is 2.05 bits per heavy atom. The van der Waals surface area contributed by atoms with Crippen LogP contribution in [0.1, 0.15) is 36.8 Å². The highest BCUT2D eigenvalue weighted by Gasteiger charge is 2.30. The summed E-state index contributed by atoms with van der Waals surface area (Å²) in [5, 5.41) is 7.24. The quantitative estimate of drug-likeness (QED) is 0.898. The Hall–Kier alpha value is -1.36. The van der Waals surface area contributed by atoms with Gasteiger partial charge in [0.15, 0.2) is 0 Å². The highest BCUT2D eigenvalue weighted by Crippen LogP contribution is 2.22. The standard InChI is InChI=1S/C14H23N3O2/c1-10-12(11(2)19-16-10)9-13(18)17-7-5-14(3,15-4)6-8-17/h15H,5-9H2,1-4H3. The van der Waals surface area contributed by atoms with E-state index in [0.29, 0.717) is 6.42 Å². The normalized spacial score (nSPS) is 18.6. The van der Waals surface area contributed by atoms with Crippen molar-refractivity contribution in [3.8, 4) is 0 Å². The predicted molar refractivity (Wildman–Crippen MR) is 73.0 cm³/mol. The third kappa shape index (κ3) is 2.97. The third-order valence-corrected chi connectivity index (χ3v) is 4.33. The highest BCUT2D eigenvalue weighted by atomic mass is 16.5. The van der Waals surface area contributed by atoms with Crippen LogP contribution in [0.2, 0.25) is 0 Å². The molecule has 0 bridgehead atoms. The maximum absolute atomic E-state index is 12.3. The number of carbonyl (C=O) groups is 1. The number of likely N-dealkylation sites (tertiary alicyclic amines) is 1. The Morgan fingerprint density at radius 1 is 1.42 bits per heavy atom. The Labute approximate surface area is 114 Å². The van der Waals surface area contributed by atoms with E-state index in [0.717, 1.165) is 42.9 Å². The Morgan fingerprint density at radius 3 is 2.53 bits per heavy atom. The largest absolute Gasteiger partial charge is 0.361 e. The van der Waals surface area contributed by atoms with E-state index in [1.54, 1.807) is 0 Å². The molecule has 2 rings (SSSR count). The first-order chi connectivity index (χ1) is 8.95. The fourth-order valence-electron chi connectivity index (χ4n) is 2.52. The van der Waals surface area contributed by atoms with Gasteiger partial charge in [0.05, 0.1) is 12.1 Å². The van der Waals surface area contributed by atoms with Gasteiger partial charge in [-0.2, -0.15) is 0 Å². The van der Waals surface area contributed by atoms with Crippen molar-refractivity contribution in [3.05, 3.63) is 17.0 Å². The number of hydrogen-bond donors (Lipinski definition) is 1. The van der Waals surface area contributed by atoms with E-state index in [1.807, 2.05) is 25.8 Å². The molecule has 0 unspecified atom stereocenters. The second kappa shape index (κ2) is 5.33. The van der Waals surface area contributed by atoms with Crippen molar-refractivity contribution in [2.24, 2.45) is 0 Å². The molecule has 1 saturated heterocycles. The lowest BCUT2D eigenvalue weighted by atomic mass is 9.89. The van der Waals surface area contributed by atoms with Crippen molar-refractivity contribution in [2.45, 2.75) is 45.6 Å². The van der Waals surface area contributed by atoms with Gasteiger partial charge in [-0.3, -0.25) is 4.79 Å². The molecule has 1 aliphatic rings. The Balaban J connectivity index is 1.95. The van der Waals surface area contributed by atoms with Gasteiger partial charge in [0, 0.05) is 24.2 Å². The second-order valence-corrected chi connectivity index (χ2v) is 5.67. The van der Waals surface area contributed by atoms with Crippen LogP contribution in [0.15, 0.2) is 4.52 Å². The number of nitrogens with one attached hydrogen (secondary N) is 1. The average molecular weight is 265 g/mol. The molecule has 1 aliphatic heterocycles. The zero-order valence-electron chi connectivity index (χ0n) is 12.2. The van der Waals surface area contributed by atoms with E-state index >= 15 is 0 Å². The van der Waals surface area contributed by atoms with Crippen molar-refractivity contribution in [3.63, 3.8) is 0 Å². The van der Waals surface area contributed by atoms with Crippen LogP contribution >= 0.6 is 0 Å². The molecule has 19 heavy (non-hydrogen) atoms. The van der Waals surface area contributed by atoms with Crippen molar-refractivity contribution in [1.29, 1.82) is 0 Å². The number of hydrogen-bond acceptors (Lipinski definition) is 4. The molecule has 106 valence electrons. The smallest absolute Gasteiger partial charge is 0.227 e. The van der Waals surface area contributed by atoms with E-state index in [4.69, 9.17) is 4.52 Å². The molecule has 1 amide bonds. The van der Waals surface area contributed by atoms with Gasteiger partial charge in [-0.25, -0.2) is 0 Å². The molecule has 1 aromatic rings. The van der Waals surface area contributed by atoms with Crippen LogP contribution in [0, 0.1) is 13.8 Å². The molecule has 1 aromatic heterocycles. The minimum absolute atomic E-state index is 0.166. The summed E-state index contributed by atoms with van der Waals surface area (Å²) in [6, 6.07) is 0. The maximum Gasteiger partial charge on any atom is 0.227 e. The molecule has 0 saturated carbocycles. The number of nitrogens with zero attached hydrogens (tertiary/aromatic N) is 2. The van der Waals surface area contributed by atoms with Crippen molar-refractivity contribution in [1.82, 2.24) is 15.4 Å². The zero-order chi connectivity index (χ0) is 14.0. The van der Waals surface area contributed by atoms with Crippen LogP contribution in [0.5, 0.6) is 0 Å². The summed E-state index contributed by atoms with van der Waals surface area (Å²) >= 11 is 0. The van der Waals surface area contributed by atoms with Gasteiger partial charge in [-0.05, 0) is 40.7 Å². The van der Waals surface area contributed by atoms with Crippen LogP contribution in [-0.2, 0) is 11.2 Å². The van der Waals surface area contributed by atoms with Crippen molar-refractivity contribution in [2.75, 3.05) is 20.1 Å². The van der Waals surface area contributed by atoms with E-state index in [9.17, 15) is 4.79 Å². The first-order valence-corrected chi connectivity index (χ1v) is 6.83. The molecule has 0 spiro atoms. The lowest BCUT2D eigenvalue weighted by Gasteiger charge is -2.39. The van der Waals surface area contributed by atoms with Crippen LogP contribution in [0.3, 0.4) is 0 Å². The predicted octanol–water partition coefficient (Wildman–Crippen LogP) is 1.43. The summed E-state index contributed by atoms with van der Waals surface area (Å²) in [7, 11) is 1.99. The van der Waals surface area contributed by atoms with Gasteiger partial charge < -0.3 is 14.7 Å². The number of amides is 1. The number of carbonyl (C=O) groups excluding carboxylic acids is 1. The molecule has 0 aromatic carbocycles. The summed E-state index contributed by atoms with van der Waals surface area (Å²) in [4.78, 5) is 14.3. The van der Waals surface area contributed by atoms with Crippen LogP contribution in [0.25, 0.3) is 0 Å². The van der Waals surface area contributed by atoms with E-state index in [1.165, 1.54) is 0 Å². The summed E-state index contributed by atoms with van der Waals surface area (Å²) in [6.45, 7) is 7.59. The Kier molecular flexibility index (Phi) is 3.94. The fraction of sp³-hybridized carbons (Fsp3) is 0.714. The molecule has 0 aliphatic carbocycles. The van der Waals surface area contributed by atoms with Gasteiger partial charge >= 0.3 is 0 Å². The molecule has 5 nitrogen and oxygen atoms in total. The van der Waals surface area contributed by atoms with Crippen LogP contribution in [0.4, 0.5) is 0 Å². The van der Waals surface area contributed by atoms with Gasteiger partial charge in [0.1, 0.15) is 5.76 Å². The fourth-order valence-corrected chi connectivity index (χ4v) is 2.52. The molecule has 0 radical (unpaired) electrons.